The molecule has 0 saturated heterocycles. The Morgan fingerprint density at radius 1 is 1.53 bits per heavy atom. The minimum absolute atomic E-state index is 0.0672. The van der Waals surface area contributed by atoms with Crippen molar-refractivity contribution >= 4 is 23.2 Å². The third-order valence-corrected chi connectivity index (χ3v) is 3.67. The summed E-state index contributed by atoms with van der Waals surface area (Å²) in [5.74, 6) is 0.555. The largest absolute Gasteiger partial charge is 0.492 e. The first-order chi connectivity index (χ1) is 9.02. The Morgan fingerprint density at radius 2 is 2.26 bits per heavy atom. The van der Waals surface area contributed by atoms with Gasteiger partial charge in [0.15, 0.2) is 0 Å². The van der Waals surface area contributed by atoms with Gasteiger partial charge in [0.05, 0.1) is 11.6 Å². The molecule has 1 aromatic rings. The highest BCUT2D eigenvalue weighted by atomic mass is 35.5. The Morgan fingerprint density at radius 3 is 2.79 bits per heavy atom. The van der Waals surface area contributed by atoms with E-state index in [1.807, 2.05) is 6.92 Å². The molecule has 2 rings (SSSR count). The maximum Gasteiger partial charge on any atom is 0.226 e. The van der Waals surface area contributed by atoms with Gasteiger partial charge in [-0.05, 0) is 44.4 Å². The van der Waals surface area contributed by atoms with Crippen LogP contribution >= 0.6 is 11.6 Å². The minimum Gasteiger partial charge on any atom is -0.492 e. The van der Waals surface area contributed by atoms with Gasteiger partial charge in [-0.15, -0.1) is 0 Å². The van der Waals surface area contributed by atoms with Gasteiger partial charge in [0.2, 0.25) is 5.91 Å². The van der Waals surface area contributed by atoms with E-state index in [-0.39, 0.29) is 11.4 Å². The lowest BCUT2D eigenvalue weighted by Crippen LogP contribution is -2.48. The lowest BCUT2D eigenvalue weighted by Gasteiger charge is -2.37. The van der Waals surface area contributed by atoms with Crippen molar-refractivity contribution in [2.24, 2.45) is 5.73 Å². The zero-order chi connectivity index (χ0) is 13.9. The number of nitrogens with two attached hydrogens (primary N) is 1. The number of carbonyl (C=O) groups excluding carboxylic acids is 1. The second kappa shape index (κ2) is 5.80. The summed E-state index contributed by atoms with van der Waals surface area (Å²) in [4.78, 5) is 11.9. The van der Waals surface area contributed by atoms with Crippen molar-refractivity contribution in [1.82, 2.24) is 0 Å². The van der Waals surface area contributed by atoms with E-state index < -0.39 is 0 Å². The topological polar surface area (TPSA) is 64.3 Å². The van der Waals surface area contributed by atoms with Crippen LogP contribution in [0.5, 0.6) is 5.75 Å². The quantitative estimate of drug-likeness (QED) is 0.873. The summed E-state index contributed by atoms with van der Waals surface area (Å²) >= 11 is 6.06. The first-order valence-electron chi connectivity index (χ1n) is 6.53. The summed E-state index contributed by atoms with van der Waals surface area (Å²) in [6.07, 6.45) is 3.31. The smallest absolute Gasteiger partial charge is 0.226 e. The average Bonchev–Trinajstić information content (AvgIpc) is 2.31. The van der Waals surface area contributed by atoms with E-state index in [0.717, 1.165) is 19.3 Å². The van der Waals surface area contributed by atoms with E-state index in [1.165, 1.54) is 0 Å². The maximum absolute atomic E-state index is 11.9. The molecule has 0 aliphatic heterocycles. The van der Waals surface area contributed by atoms with Crippen molar-refractivity contribution in [1.29, 1.82) is 0 Å². The third kappa shape index (κ3) is 3.61. The van der Waals surface area contributed by atoms with Gasteiger partial charge in [0, 0.05) is 17.6 Å². The average molecular weight is 283 g/mol. The lowest BCUT2D eigenvalue weighted by molar-refractivity contribution is -0.118. The molecule has 0 atom stereocenters. The Labute approximate surface area is 118 Å². The molecule has 1 saturated carbocycles. The number of ether oxygens (including phenoxy) is 1. The Balaban J connectivity index is 1.95. The molecule has 0 bridgehead atoms. The van der Waals surface area contributed by atoms with Gasteiger partial charge >= 0.3 is 0 Å². The molecule has 0 heterocycles. The van der Waals surface area contributed by atoms with Crippen molar-refractivity contribution in [2.75, 3.05) is 11.9 Å². The van der Waals surface area contributed by atoms with Crippen molar-refractivity contribution in [2.45, 2.75) is 38.1 Å². The number of amides is 1. The fourth-order valence-electron chi connectivity index (χ4n) is 2.18. The van der Waals surface area contributed by atoms with Gasteiger partial charge in [0.1, 0.15) is 5.75 Å². The van der Waals surface area contributed by atoms with Crippen molar-refractivity contribution in [3.05, 3.63) is 23.2 Å². The second-order valence-corrected chi connectivity index (χ2v) is 5.43. The number of hydrogen-bond acceptors (Lipinski definition) is 3. The molecule has 0 spiro atoms. The van der Waals surface area contributed by atoms with Gasteiger partial charge in [0.25, 0.3) is 0 Å². The zero-order valence-electron chi connectivity index (χ0n) is 11.0. The van der Waals surface area contributed by atoms with E-state index in [0.29, 0.717) is 29.5 Å². The molecule has 5 heteroatoms. The Hall–Kier alpha value is -1.26. The van der Waals surface area contributed by atoms with E-state index in [1.54, 1.807) is 18.2 Å². The first kappa shape index (κ1) is 14.2. The zero-order valence-corrected chi connectivity index (χ0v) is 11.8. The molecular weight excluding hydrogens is 264 g/mol. The highest BCUT2D eigenvalue weighted by Gasteiger charge is 2.34. The fourth-order valence-corrected chi connectivity index (χ4v) is 2.42. The van der Waals surface area contributed by atoms with Gasteiger partial charge < -0.3 is 15.8 Å². The monoisotopic (exact) mass is 282 g/mol. The molecule has 1 aromatic carbocycles. The summed E-state index contributed by atoms with van der Waals surface area (Å²) in [6.45, 7) is 2.45. The SMILES string of the molecule is CCOc1ccc(NC(=O)CC2(N)CCC2)cc1Cl. The van der Waals surface area contributed by atoms with Crippen LogP contribution in [0.1, 0.15) is 32.6 Å². The summed E-state index contributed by atoms with van der Waals surface area (Å²) in [5.41, 5.74) is 6.41. The predicted molar refractivity (Wildman–Crippen MR) is 76.6 cm³/mol. The van der Waals surface area contributed by atoms with Crippen molar-refractivity contribution in [3.8, 4) is 5.75 Å². The molecule has 0 aromatic heterocycles. The second-order valence-electron chi connectivity index (χ2n) is 5.02. The molecule has 0 radical (unpaired) electrons. The summed E-state index contributed by atoms with van der Waals surface area (Å²) in [7, 11) is 0. The summed E-state index contributed by atoms with van der Waals surface area (Å²) in [6, 6.07) is 5.22. The maximum atomic E-state index is 11.9. The predicted octanol–water partition coefficient (Wildman–Crippen LogP) is 2.95. The Bertz CT molecular complexity index is 473. The van der Waals surface area contributed by atoms with Crippen LogP contribution in [0.4, 0.5) is 5.69 Å². The van der Waals surface area contributed by atoms with Crippen LogP contribution in [-0.4, -0.2) is 18.1 Å². The van der Waals surface area contributed by atoms with Crippen molar-refractivity contribution < 1.29 is 9.53 Å². The van der Waals surface area contributed by atoms with Crippen LogP contribution in [0.25, 0.3) is 0 Å². The van der Waals surface area contributed by atoms with Gasteiger partial charge in [-0.1, -0.05) is 11.6 Å². The molecule has 4 nitrogen and oxygen atoms in total. The number of rotatable bonds is 5. The number of carbonyl (C=O) groups is 1. The number of benzene rings is 1. The summed E-state index contributed by atoms with van der Waals surface area (Å²) < 4.78 is 5.34. The van der Waals surface area contributed by atoms with Crippen LogP contribution in [0.2, 0.25) is 5.02 Å². The van der Waals surface area contributed by atoms with Crippen LogP contribution < -0.4 is 15.8 Å². The highest BCUT2D eigenvalue weighted by molar-refractivity contribution is 6.32. The molecule has 0 unspecified atom stereocenters. The molecule has 1 aliphatic carbocycles. The molecule has 1 amide bonds. The van der Waals surface area contributed by atoms with Crippen LogP contribution in [0.3, 0.4) is 0 Å². The molecule has 3 N–H and O–H groups in total. The number of anilines is 1. The highest BCUT2D eigenvalue weighted by Crippen LogP contribution is 2.33. The third-order valence-electron chi connectivity index (χ3n) is 3.38. The Kier molecular flexibility index (Phi) is 4.32. The van der Waals surface area contributed by atoms with Gasteiger partial charge in [-0.3, -0.25) is 4.79 Å². The minimum atomic E-state index is -0.306. The molecule has 104 valence electrons. The van der Waals surface area contributed by atoms with Crippen molar-refractivity contribution in [3.63, 3.8) is 0 Å². The lowest BCUT2D eigenvalue weighted by atomic mass is 9.75. The molecule has 1 aliphatic rings. The first-order valence-corrected chi connectivity index (χ1v) is 6.91. The fraction of sp³-hybridized carbons (Fsp3) is 0.500. The normalized spacial score (nSPS) is 16.6. The van der Waals surface area contributed by atoms with E-state index in [4.69, 9.17) is 22.1 Å². The van der Waals surface area contributed by atoms with E-state index in [9.17, 15) is 4.79 Å². The molecule has 19 heavy (non-hydrogen) atoms. The van der Waals surface area contributed by atoms with Crippen LogP contribution in [0, 0.1) is 0 Å². The van der Waals surface area contributed by atoms with Crippen LogP contribution in [-0.2, 0) is 4.79 Å². The van der Waals surface area contributed by atoms with Crippen LogP contribution in [0.15, 0.2) is 18.2 Å². The molecule has 1 fully saturated rings. The number of halogens is 1. The number of hydrogen-bond donors (Lipinski definition) is 2. The standard InChI is InChI=1S/C14H19ClN2O2/c1-2-19-12-5-4-10(8-11(12)15)17-13(18)9-14(16)6-3-7-14/h4-5,8H,2-3,6-7,9,16H2,1H3,(H,17,18). The molecular formula is C14H19ClN2O2. The van der Waals surface area contributed by atoms with E-state index in [2.05, 4.69) is 5.32 Å². The van der Waals surface area contributed by atoms with E-state index >= 15 is 0 Å². The summed E-state index contributed by atoms with van der Waals surface area (Å²) in [5, 5.41) is 3.31. The number of nitrogens with one attached hydrogen (secondary N) is 1. The van der Waals surface area contributed by atoms with Gasteiger partial charge in [-0.2, -0.15) is 0 Å². The van der Waals surface area contributed by atoms with Gasteiger partial charge in [-0.25, -0.2) is 0 Å².